The van der Waals surface area contributed by atoms with E-state index < -0.39 is 0 Å². The number of carbonyl (C=O) groups excluding carboxylic acids is 1. The van der Waals surface area contributed by atoms with Crippen molar-refractivity contribution in [1.29, 1.82) is 0 Å². The summed E-state index contributed by atoms with van der Waals surface area (Å²) in [5.74, 6) is 0.401. The Kier molecular flexibility index (Phi) is 4.71. The van der Waals surface area contributed by atoms with Crippen LogP contribution in [0.1, 0.15) is 5.69 Å². The molecule has 0 fully saturated rings. The molecule has 76 valence electrons. The molecule has 0 saturated heterocycles. The lowest BCUT2D eigenvalue weighted by molar-refractivity contribution is 0.241. The standard InChI is InChI=1S/C8H11ClN4O/c9-1-2-12-8(14)13-6-7-5-10-3-4-11-7/h3-5H,1-2,6H2,(H2,12,13,14). The summed E-state index contributed by atoms with van der Waals surface area (Å²) in [7, 11) is 0. The number of nitrogens with one attached hydrogen (secondary N) is 2. The molecule has 0 unspecified atom stereocenters. The maximum Gasteiger partial charge on any atom is 0.315 e. The summed E-state index contributed by atoms with van der Waals surface area (Å²) in [6.07, 6.45) is 4.76. The van der Waals surface area contributed by atoms with Crippen LogP contribution >= 0.6 is 11.6 Å². The van der Waals surface area contributed by atoms with Crippen LogP contribution in [0.3, 0.4) is 0 Å². The molecular formula is C8H11ClN4O. The van der Waals surface area contributed by atoms with E-state index in [0.717, 1.165) is 0 Å². The Labute approximate surface area is 86.9 Å². The molecule has 0 saturated carbocycles. The minimum absolute atomic E-state index is 0.253. The molecule has 1 aromatic heterocycles. The third kappa shape index (κ3) is 4.04. The minimum atomic E-state index is -0.253. The van der Waals surface area contributed by atoms with Crippen molar-refractivity contribution in [2.24, 2.45) is 0 Å². The predicted octanol–water partition coefficient (Wildman–Crippen LogP) is 0.515. The fourth-order valence-corrected chi connectivity index (χ4v) is 0.910. The number of urea groups is 1. The fraction of sp³-hybridized carbons (Fsp3) is 0.375. The van der Waals surface area contributed by atoms with Gasteiger partial charge in [0.2, 0.25) is 0 Å². The monoisotopic (exact) mass is 214 g/mol. The smallest absolute Gasteiger partial charge is 0.315 e. The van der Waals surface area contributed by atoms with Gasteiger partial charge in [0.25, 0.3) is 0 Å². The summed E-state index contributed by atoms with van der Waals surface area (Å²) in [5, 5.41) is 5.19. The van der Waals surface area contributed by atoms with Crippen LogP contribution in [0.15, 0.2) is 18.6 Å². The van der Waals surface area contributed by atoms with Gasteiger partial charge in [-0.2, -0.15) is 0 Å². The van der Waals surface area contributed by atoms with Crippen LogP contribution in [0.2, 0.25) is 0 Å². The van der Waals surface area contributed by atoms with Crippen molar-refractivity contribution >= 4 is 17.6 Å². The van der Waals surface area contributed by atoms with E-state index in [4.69, 9.17) is 11.6 Å². The summed E-state index contributed by atoms with van der Waals surface area (Å²) in [4.78, 5) is 18.9. The summed E-state index contributed by atoms with van der Waals surface area (Å²) in [6, 6.07) is -0.253. The molecule has 0 bridgehead atoms. The number of alkyl halides is 1. The summed E-state index contributed by atoms with van der Waals surface area (Å²) in [6.45, 7) is 0.815. The molecule has 5 nitrogen and oxygen atoms in total. The van der Waals surface area contributed by atoms with Gasteiger partial charge in [0.05, 0.1) is 18.4 Å². The van der Waals surface area contributed by atoms with E-state index in [1.165, 1.54) is 0 Å². The summed E-state index contributed by atoms with van der Waals surface area (Å²) < 4.78 is 0. The average molecular weight is 215 g/mol. The molecule has 0 aliphatic carbocycles. The molecule has 0 spiro atoms. The Morgan fingerprint density at radius 1 is 1.43 bits per heavy atom. The van der Waals surface area contributed by atoms with Crippen molar-refractivity contribution in [2.75, 3.05) is 12.4 Å². The zero-order valence-electron chi connectivity index (χ0n) is 7.53. The van der Waals surface area contributed by atoms with Crippen LogP contribution in [-0.2, 0) is 6.54 Å². The first kappa shape index (κ1) is 10.7. The van der Waals surface area contributed by atoms with Crippen molar-refractivity contribution in [3.63, 3.8) is 0 Å². The Morgan fingerprint density at radius 2 is 2.29 bits per heavy atom. The van der Waals surface area contributed by atoms with Crippen molar-refractivity contribution in [3.8, 4) is 0 Å². The molecule has 0 aromatic carbocycles. The van der Waals surface area contributed by atoms with Crippen molar-refractivity contribution in [3.05, 3.63) is 24.3 Å². The molecule has 14 heavy (non-hydrogen) atoms. The maximum atomic E-state index is 11.0. The maximum absolute atomic E-state index is 11.0. The van der Waals surface area contributed by atoms with Gasteiger partial charge in [-0.25, -0.2) is 4.79 Å². The zero-order chi connectivity index (χ0) is 10.2. The van der Waals surface area contributed by atoms with Crippen LogP contribution in [0.5, 0.6) is 0 Å². The van der Waals surface area contributed by atoms with Gasteiger partial charge < -0.3 is 10.6 Å². The number of amides is 2. The van der Waals surface area contributed by atoms with Gasteiger partial charge >= 0.3 is 6.03 Å². The Bertz CT molecular complexity index is 280. The Hall–Kier alpha value is -1.36. The minimum Gasteiger partial charge on any atom is -0.337 e. The van der Waals surface area contributed by atoms with E-state index in [2.05, 4.69) is 20.6 Å². The number of rotatable bonds is 4. The van der Waals surface area contributed by atoms with Gasteiger partial charge in [-0.1, -0.05) is 0 Å². The third-order valence-corrected chi connectivity index (χ3v) is 1.62. The average Bonchev–Trinajstić information content (AvgIpc) is 2.25. The highest BCUT2D eigenvalue weighted by molar-refractivity contribution is 6.18. The van der Waals surface area contributed by atoms with Gasteiger partial charge in [-0.3, -0.25) is 9.97 Å². The van der Waals surface area contributed by atoms with Crippen molar-refractivity contribution < 1.29 is 4.79 Å². The number of hydrogen-bond donors (Lipinski definition) is 2. The van der Waals surface area contributed by atoms with E-state index in [1.54, 1.807) is 18.6 Å². The first-order chi connectivity index (χ1) is 6.83. The molecule has 0 aliphatic rings. The molecule has 1 heterocycles. The number of hydrogen-bond acceptors (Lipinski definition) is 3. The number of halogens is 1. The topological polar surface area (TPSA) is 66.9 Å². The third-order valence-electron chi connectivity index (χ3n) is 1.43. The van der Waals surface area contributed by atoms with Crippen molar-refractivity contribution in [1.82, 2.24) is 20.6 Å². The number of carbonyl (C=O) groups is 1. The predicted molar refractivity (Wildman–Crippen MR) is 53.0 cm³/mol. The molecule has 6 heteroatoms. The SMILES string of the molecule is O=C(NCCCl)NCc1cnccn1. The fourth-order valence-electron chi connectivity index (χ4n) is 0.815. The molecular weight excluding hydrogens is 204 g/mol. The molecule has 1 aromatic rings. The highest BCUT2D eigenvalue weighted by Crippen LogP contribution is 1.87. The Balaban J connectivity index is 2.24. The van der Waals surface area contributed by atoms with Gasteiger partial charge in [-0.15, -0.1) is 11.6 Å². The second-order valence-electron chi connectivity index (χ2n) is 2.50. The van der Waals surface area contributed by atoms with Gasteiger partial charge in [-0.05, 0) is 0 Å². The van der Waals surface area contributed by atoms with Crippen LogP contribution in [0.25, 0.3) is 0 Å². The summed E-state index contributed by atoms with van der Waals surface area (Å²) in [5.41, 5.74) is 0.716. The van der Waals surface area contributed by atoms with Crippen LogP contribution in [0.4, 0.5) is 4.79 Å². The van der Waals surface area contributed by atoms with Crippen molar-refractivity contribution in [2.45, 2.75) is 6.54 Å². The molecule has 0 aliphatic heterocycles. The number of aromatic nitrogens is 2. The largest absolute Gasteiger partial charge is 0.337 e. The Morgan fingerprint density at radius 3 is 2.93 bits per heavy atom. The molecule has 0 radical (unpaired) electrons. The van der Waals surface area contributed by atoms with E-state index in [-0.39, 0.29) is 6.03 Å². The van der Waals surface area contributed by atoms with E-state index in [1.807, 2.05) is 0 Å². The lowest BCUT2D eigenvalue weighted by Gasteiger charge is -2.04. The van der Waals surface area contributed by atoms with Crippen LogP contribution in [-0.4, -0.2) is 28.4 Å². The lowest BCUT2D eigenvalue weighted by atomic mass is 10.4. The molecule has 0 atom stereocenters. The van der Waals surface area contributed by atoms with Crippen LogP contribution < -0.4 is 10.6 Å². The molecule has 1 rings (SSSR count). The molecule has 2 N–H and O–H groups in total. The van der Waals surface area contributed by atoms with Gasteiger partial charge in [0.15, 0.2) is 0 Å². The van der Waals surface area contributed by atoms with Gasteiger partial charge in [0.1, 0.15) is 0 Å². The van der Waals surface area contributed by atoms with E-state index in [0.29, 0.717) is 24.7 Å². The summed E-state index contributed by atoms with van der Waals surface area (Å²) >= 11 is 5.40. The van der Waals surface area contributed by atoms with E-state index >= 15 is 0 Å². The first-order valence-corrected chi connectivity index (χ1v) is 4.69. The normalized spacial score (nSPS) is 9.50. The van der Waals surface area contributed by atoms with Crippen LogP contribution in [0, 0.1) is 0 Å². The molecule has 2 amide bonds. The lowest BCUT2D eigenvalue weighted by Crippen LogP contribution is -2.36. The number of nitrogens with zero attached hydrogens (tertiary/aromatic N) is 2. The second-order valence-corrected chi connectivity index (χ2v) is 2.87. The second kappa shape index (κ2) is 6.15. The van der Waals surface area contributed by atoms with E-state index in [9.17, 15) is 4.79 Å². The highest BCUT2D eigenvalue weighted by atomic mass is 35.5. The zero-order valence-corrected chi connectivity index (χ0v) is 8.29. The quantitative estimate of drug-likeness (QED) is 0.718. The van der Waals surface area contributed by atoms with Gasteiger partial charge in [0, 0.05) is 24.8 Å². The highest BCUT2D eigenvalue weighted by Gasteiger charge is 1.99. The first-order valence-electron chi connectivity index (χ1n) is 4.15.